The molecule has 0 bridgehead atoms. The van der Waals surface area contributed by atoms with Crippen molar-refractivity contribution in [3.63, 3.8) is 0 Å². The molecule has 0 spiro atoms. The lowest BCUT2D eigenvalue weighted by Gasteiger charge is -2.09. The summed E-state index contributed by atoms with van der Waals surface area (Å²) in [6.07, 6.45) is 0. The fraction of sp³-hybridized carbons (Fsp3) is 0.368. The van der Waals surface area contributed by atoms with E-state index in [1.807, 2.05) is 18.4 Å². The Labute approximate surface area is 147 Å². The minimum absolute atomic E-state index is 0.0453. The number of aryl methyl sites for hydroxylation is 2. The van der Waals surface area contributed by atoms with E-state index in [1.165, 1.54) is 12.1 Å². The van der Waals surface area contributed by atoms with Crippen molar-refractivity contribution in [3.8, 4) is 5.75 Å². The van der Waals surface area contributed by atoms with Crippen LogP contribution in [0.25, 0.3) is 0 Å². The van der Waals surface area contributed by atoms with Gasteiger partial charge in [-0.1, -0.05) is 6.07 Å². The smallest absolute Gasteiger partial charge is 0.342 e. The van der Waals surface area contributed by atoms with Crippen LogP contribution in [0.2, 0.25) is 0 Å². The summed E-state index contributed by atoms with van der Waals surface area (Å²) in [5, 5.41) is 9.81. The fourth-order valence-corrected chi connectivity index (χ4v) is 2.71. The van der Waals surface area contributed by atoms with E-state index in [0.29, 0.717) is 18.7 Å². The van der Waals surface area contributed by atoms with Gasteiger partial charge in [-0.15, -0.1) is 0 Å². The predicted octanol–water partition coefficient (Wildman–Crippen LogP) is 2.81. The van der Waals surface area contributed by atoms with Crippen molar-refractivity contribution < 1.29 is 24.2 Å². The van der Waals surface area contributed by atoms with Crippen molar-refractivity contribution in [1.82, 2.24) is 4.57 Å². The Morgan fingerprint density at radius 3 is 2.48 bits per heavy atom. The zero-order chi connectivity index (χ0) is 18.6. The van der Waals surface area contributed by atoms with E-state index in [0.717, 1.165) is 17.0 Å². The Hall–Kier alpha value is -2.60. The average molecular weight is 345 g/mol. The number of carbonyl (C=O) groups excluding carboxylic acids is 2. The molecule has 2 rings (SSSR count). The van der Waals surface area contributed by atoms with Gasteiger partial charge in [0.05, 0.1) is 6.61 Å². The Morgan fingerprint density at radius 2 is 1.84 bits per heavy atom. The molecule has 2 aromatic rings. The van der Waals surface area contributed by atoms with E-state index in [2.05, 4.69) is 0 Å². The summed E-state index contributed by atoms with van der Waals surface area (Å²) in [7, 11) is 1.63. The molecule has 0 saturated carbocycles. The third kappa shape index (κ3) is 4.28. The third-order valence-electron chi connectivity index (χ3n) is 4.10. The Kier molecular flexibility index (Phi) is 5.98. The molecule has 0 amide bonds. The van der Waals surface area contributed by atoms with E-state index in [-0.39, 0.29) is 23.7 Å². The van der Waals surface area contributed by atoms with E-state index in [4.69, 9.17) is 9.47 Å². The molecule has 1 aromatic carbocycles. The van der Waals surface area contributed by atoms with Crippen LogP contribution in [0.15, 0.2) is 24.3 Å². The van der Waals surface area contributed by atoms with Crippen LogP contribution in [0.4, 0.5) is 0 Å². The number of esters is 1. The first-order valence-corrected chi connectivity index (χ1v) is 8.00. The molecule has 0 atom stereocenters. The molecule has 0 saturated heterocycles. The van der Waals surface area contributed by atoms with Gasteiger partial charge in [0.2, 0.25) is 5.78 Å². The topological polar surface area (TPSA) is 77.8 Å². The number of ketones is 1. The molecule has 134 valence electrons. The van der Waals surface area contributed by atoms with E-state index in [9.17, 15) is 14.7 Å². The summed E-state index contributed by atoms with van der Waals surface area (Å²) in [4.78, 5) is 24.5. The number of hydrogen-bond donors (Lipinski definition) is 1. The highest BCUT2D eigenvalue weighted by Crippen LogP contribution is 2.20. The number of rotatable bonds is 7. The quantitative estimate of drug-likeness (QED) is 0.617. The molecule has 1 heterocycles. The van der Waals surface area contributed by atoms with Crippen LogP contribution in [0.1, 0.15) is 37.7 Å². The fourth-order valence-electron chi connectivity index (χ4n) is 2.71. The van der Waals surface area contributed by atoms with Crippen molar-refractivity contribution >= 4 is 11.8 Å². The second-order valence-electron chi connectivity index (χ2n) is 5.95. The van der Waals surface area contributed by atoms with Crippen molar-refractivity contribution in [3.05, 3.63) is 52.3 Å². The molecule has 0 radical (unpaired) electrons. The highest BCUT2D eigenvalue weighted by Gasteiger charge is 2.19. The molecular formula is C19H23NO5. The van der Waals surface area contributed by atoms with Crippen molar-refractivity contribution in [2.24, 2.45) is 0 Å². The van der Waals surface area contributed by atoms with Crippen molar-refractivity contribution in [2.45, 2.75) is 27.3 Å². The van der Waals surface area contributed by atoms with Gasteiger partial charge in [-0.2, -0.15) is 0 Å². The highest BCUT2D eigenvalue weighted by atomic mass is 16.5. The third-order valence-corrected chi connectivity index (χ3v) is 4.10. The average Bonchev–Trinajstić information content (AvgIpc) is 2.85. The maximum Gasteiger partial charge on any atom is 0.342 e. The number of benzene rings is 1. The lowest BCUT2D eigenvalue weighted by atomic mass is 10.1. The van der Waals surface area contributed by atoms with Gasteiger partial charge >= 0.3 is 5.97 Å². The predicted molar refractivity (Wildman–Crippen MR) is 93.2 cm³/mol. The summed E-state index contributed by atoms with van der Waals surface area (Å²) in [6.45, 7) is 6.39. The second kappa shape index (κ2) is 7.98. The number of aromatic nitrogens is 1. The molecular weight excluding hydrogens is 322 g/mol. The monoisotopic (exact) mass is 345 g/mol. The summed E-state index contributed by atoms with van der Waals surface area (Å²) in [5.74, 6) is -1.16. The van der Waals surface area contributed by atoms with E-state index < -0.39 is 5.97 Å². The summed E-state index contributed by atoms with van der Waals surface area (Å²) in [5.41, 5.74) is 3.15. The Bertz CT molecular complexity index is 791. The van der Waals surface area contributed by atoms with Gasteiger partial charge < -0.3 is 19.1 Å². The number of Topliss-reactive ketones (excluding diaryl/α,β-unsaturated/α-hetero) is 1. The zero-order valence-corrected chi connectivity index (χ0v) is 15.0. The first-order valence-electron chi connectivity index (χ1n) is 8.00. The molecule has 0 aliphatic rings. The van der Waals surface area contributed by atoms with Crippen LogP contribution >= 0.6 is 0 Å². The number of hydrogen-bond acceptors (Lipinski definition) is 5. The van der Waals surface area contributed by atoms with Gasteiger partial charge in [-0.3, -0.25) is 4.79 Å². The first-order chi connectivity index (χ1) is 11.8. The van der Waals surface area contributed by atoms with Gasteiger partial charge in [0.25, 0.3) is 0 Å². The largest absolute Gasteiger partial charge is 0.507 e. The van der Waals surface area contributed by atoms with Crippen LogP contribution in [-0.4, -0.2) is 41.7 Å². The second-order valence-corrected chi connectivity index (χ2v) is 5.95. The van der Waals surface area contributed by atoms with Crippen LogP contribution in [-0.2, 0) is 16.0 Å². The van der Waals surface area contributed by atoms with Crippen LogP contribution in [0.5, 0.6) is 5.75 Å². The molecule has 25 heavy (non-hydrogen) atoms. The summed E-state index contributed by atoms with van der Waals surface area (Å²) < 4.78 is 12.1. The number of carbonyl (C=O) groups is 2. The number of phenols is 1. The standard InChI is InChI=1S/C19H23NO5/c1-12-5-6-15(17(21)9-12)19(23)25-11-18(22)16-10-13(2)20(14(16)3)7-8-24-4/h5-6,9-10,21H,7-8,11H2,1-4H3. The van der Waals surface area contributed by atoms with Crippen molar-refractivity contribution in [2.75, 3.05) is 20.3 Å². The lowest BCUT2D eigenvalue weighted by Crippen LogP contribution is -2.15. The molecule has 0 aliphatic heterocycles. The number of methoxy groups -OCH3 is 1. The minimum Gasteiger partial charge on any atom is -0.507 e. The Morgan fingerprint density at radius 1 is 1.12 bits per heavy atom. The maximum atomic E-state index is 12.4. The molecule has 0 aliphatic carbocycles. The minimum atomic E-state index is -0.723. The number of phenolic OH excluding ortho intramolecular Hbond substituents is 1. The summed E-state index contributed by atoms with van der Waals surface area (Å²) in [6, 6.07) is 6.43. The Balaban J connectivity index is 2.06. The zero-order valence-electron chi connectivity index (χ0n) is 15.0. The SMILES string of the molecule is COCCn1c(C)cc(C(=O)COC(=O)c2ccc(C)cc2O)c1C. The molecule has 6 heteroatoms. The molecule has 1 N–H and O–H groups in total. The van der Waals surface area contributed by atoms with Gasteiger partial charge in [0.1, 0.15) is 11.3 Å². The number of nitrogens with zero attached hydrogens (tertiary/aromatic N) is 1. The van der Waals surface area contributed by atoms with Crippen LogP contribution in [0.3, 0.4) is 0 Å². The van der Waals surface area contributed by atoms with E-state index in [1.54, 1.807) is 26.2 Å². The molecule has 6 nitrogen and oxygen atoms in total. The highest BCUT2D eigenvalue weighted by molar-refractivity contribution is 6.01. The van der Waals surface area contributed by atoms with Crippen molar-refractivity contribution in [1.29, 1.82) is 0 Å². The molecule has 1 aromatic heterocycles. The molecule has 0 fully saturated rings. The number of ether oxygens (including phenoxy) is 2. The van der Waals surface area contributed by atoms with Gasteiger partial charge in [0.15, 0.2) is 6.61 Å². The van der Waals surface area contributed by atoms with Gasteiger partial charge in [-0.25, -0.2) is 4.79 Å². The van der Waals surface area contributed by atoms with Gasteiger partial charge in [-0.05, 0) is 44.5 Å². The van der Waals surface area contributed by atoms with Gasteiger partial charge in [0, 0.05) is 30.6 Å². The maximum absolute atomic E-state index is 12.4. The molecule has 0 unspecified atom stereocenters. The summed E-state index contributed by atoms with van der Waals surface area (Å²) >= 11 is 0. The first kappa shape index (κ1) is 18.7. The van der Waals surface area contributed by atoms with E-state index >= 15 is 0 Å². The van der Waals surface area contributed by atoms with Crippen LogP contribution < -0.4 is 0 Å². The normalized spacial score (nSPS) is 10.7. The van der Waals surface area contributed by atoms with Crippen LogP contribution in [0, 0.1) is 20.8 Å². The lowest BCUT2D eigenvalue weighted by molar-refractivity contribution is 0.0471. The number of aromatic hydroxyl groups is 1.